The minimum Gasteiger partial charge on any atom is -0.353 e. The standard InChI is InChI=1S/C29H48O4/c1-18-9-12-29(32-17-18)19(2)25-24(33-29)15-23-21-8-7-20-16-28(30-5,31-6)14-13-26(20,3)22(21)10-11-27(23,25)4/h18-25H,7-17H2,1-6H3. The number of fused-ring (bicyclic) bond motifs is 7. The van der Waals surface area contributed by atoms with Crippen LogP contribution in [0.15, 0.2) is 0 Å². The Bertz CT molecular complexity index is 755. The monoisotopic (exact) mass is 460 g/mol. The smallest absolute Gasteiger partial charge is 0.171 e. The lowest BCUT2D eigenvalue weighted by atomic mass is 9.44. The maximum absolute atomic E-state index is 6.94. The predicted octanol–water partition coefficient (Wildman–Crippen LogP) is 6.42. The molecule has 0 aromatic rings. The molecule has 11 unspecified atom stereocenters. The van der Waals surface area contributed by atoms with E-state index in [1.54, 1.807) is 0 Å². The molecule has 1 spiro atoms. The molecule has 6 aliphatic rings. The number of rotatable bonds is 2. The van der Waals surface area contributed by atoms with Gasteiger partial charge in [0.25, 0.3) is 0 Å². The maximum Gasteiger partial charge on any atom is 0.171 e. The van der Waals surface area contributed by atoms with Gasteiger partial charge in [-0.1, -0.05) is 27.7 Å². The van der Waals surface area contributed by atoms with Gasteiger partial charge < -0.3 is 18.9 Å². The lowest BCUT2D eigenvalue weighted by Crippen LogP contribution is -2.57. The second kappa shape index (κ2) is 7.67. The molecule has 0 amide bonds. The largest absolute Gasteiger partial charge is 0.353 e. The molecule has 188 valence electrons. The molecule has 2 aliphatic heterocycles. The fourth-order valence-corrected chi connectivity index (χ4v) is 10.7. The average molecular weight is 461 g/mol. The molecule has 2 heterocycles. The normalized spacial score (nSPS) is 57.3. The Morgan fingerprint density at radius 3 is 2.30 bits per heavy atom. The van der Waals surface area contributed by atoms with Crippen LogP contribution in [0.3, 0.4) is 0 Å². The minimum absolute atomic E-state index is 0.288. The summed E-state index contributed by atoms with van der Waals surface area (Å²) in [6.45, 7) is 10.9. The number of ether oxygens (including phenoxy) is 4. The molecule has 6 fully saturated rings. The van der Waals surface area contributed by atoms with E-state index in [2.05, 4.69) is 27.7 Å². The summed E-state index contributed by atoms with van der Waals surface area (Å²) in [5, 5.41) is 0. The van der Waals surface area contributed by atoms with Gasteiger partial charge in [-0.25, -0.2) is 0 Å². The Kier molecular flexibility index (Phi) is 5.40. The quantitative estimate of drug-likeness (QED) is 0.446. The summed E-state index contributed by atoms with van der Waals surface area (Å²) >= 11 is 0. The Labute approximate surface area is 201 Å². The summed E-state index contributed by atoms with van der Waals surface area (Å²) < 4.78 is 25.3. The number of hydrogen-bond acceptors (Lipinski definition) is 4. The topological polar surface area (TPSA) is 36.9 Å². The van der Waals surface area contributed by atoms with Gasteiger partial charge in [-0.3, -0.25) is 0 Å². The van der Waals surface area contributed by atoms with Gasteiger partial charge in [-0.2, -0.15) is 0 Å². The van der Waals surface area contributed by atoms with Crippen molar-refractivity contribution in [2.75, 3.05) is 20.8 Å². The van der Waals surface area contributed by atoms with Crippen LogP contribution in [0.1, 0.15) is 91.9 Å². The van der Waals surface area contributed by atoms with Gasteiger partial charge in [0.05, 0.1) is 12.7 Å². The Balaban J connectivity index is 1.23. The number of methoxy groups -OCH3 is 2. The second-order valence-corrected chi connectivity index (χ2v) is 13.7. The summed E-state index contributed by atoms with van der Waals surface area (Å²) in [5.74, 6) is 4.51. The fraction of sp³-hybridized carbons (Fsp3) is 1.00. The summed E-state index contributed by atoms with van der Waals surface area (Å²) in [5.41, 5.74) is 0.862. The van der Waals surface area contributed by atoms with Gasteiger partial charge in [0, 0.05) is 39.4 Å². The molecule has 4 nitrogen and oxygen atoms in total. The summed E-state index contributed by atoms with van der Waals surface area (Å²) in [6, 6.07) is 0. The van der Waals surface area contributed by atoms with E-state index >= 15 is 0 Å². The molecule has 0 radical (unpaired) electrons. The fourth-order valence-electron chi connectivity index (χ4n) is 10.7. The molecule has 0 bridgehead atoms. The third-order valence-electron chi connectivity index (χ3n) is 12.7. The molecule has 2 saturated heterocycles. The zero-order chi connectivity index (χ0) is 23.2. The van der Waals surface area contributed by atoms with E-state index in [0.29, 0.717) is 34.7 Å². The molecule has 4 saturated carbocycles. The van der Waals surface area contributed by atoms with Gasteiger partial charge in [-0.05, 0) is 91.3 Å². The third-order valence-corrected chi connectivity index (χ3v) is 12.7. The van der Waals surface area contributed by atoms with Gasteiger partial charge in [-0.15, -0.1) is 0 Å². The molecular weight excluding hydrogens is 412 g/mol. The second-order valence-electron chi connectivity index (χ2n) is 13.7. The first-order chi connectivity index (χ1) is 15.7. The van der Waals surface area contributed by atoms with Gasteiger partial charge in [0.1, 0.15) is 0 Å². The highest BCUT2D eigenvalue weighted by Gasteiger charge is 2.69. The summed E-state index contributed by atoms with van der Waals surface area (Å²) in [6.07, 6.45) is 12.9. The van der Waals surface area contributed by atoms with Crippen molar-refractivity contribution < 1.29 is 18.9 Å². The van der Waals surface area contributed by atoms with Gasteiger partial charge >= 0.3 is 0 Å². The van der Waals surface area contributed by atoms with Crippen LogP contribution in [0.2, 0.25) is 0 Å². The highest BCUT2D eigenvalue weighted by atomic mass is 16.7. The third kappa shape index (κ3) is 3.09. The maximum atomic E-state index is 6.94. The highest BCUT2D eigenvalue weighted by molar-refractivity contribution is 5.15. The molecule has 0 aromatic heterocycles. The van der Waals surface area contributed by atoms with Gasteiger partial charge in [0.15, 0.2) is 11.6 Å². The first-order valence-electron chi connectivity index (χ1n) is 14.1. The Morgan fingerprint density at radius 2 is 1.61 bits per heavy atom. The molecule has 0 aromatic carbocycles. The summed E-state index contributed by atoms with van der Waals surface area (Å²) in [7, 11) is 3.68. The van der Waals surface area contributed by atoms with Crippen LogP contribution in [0, 0.1) is 52.3 Å². The molecule has 0 N–H and O–H groups in total. The zero-order valence-electron chi connectivity index (χ0n) is 22.0. The lowest BCUT2D eigenvalue weighted by Gasteiger charge is -2.62. The predicted molar refractivity (Wildman–Crippen MR) is 128 cm³/mol. The van der Waals surface area contributed by atoms with Crippen molar-refractivity contribution in [3.05, 3.63) is 0 Å². The van der Waals surface area contributed by atoms with E-state index in [-0.39, 0.29) is 11.6 Å². The Morgan fingerprint density at radius 1 is 0.818 bits per heavy atom. The van der Waals surface area contributed by atoms with Crippen molar-refractivity contribution in [2.45, 2.75) is 110 Å². The van der Waals surface area contributed by atoms with E-state index in [1.807, 2.05) is 14.2 Å². The van der Waals surface area contributed by atoms with Crippen LogP contribution in [0.5, 0.6) is 0 Å². The molecule has 4 aliphatic carbocycles. The first-order valence-corrected chi connectivity index (χ1v) is 14.1. The minimum atomic E-state index is -0.348. The highest BCUT2D eigenvalue weighted by Crippen LogP contribution is 2.71. The molecule has 11 atom stereocenters. The molecule has 4 heteroatoms. The lowest BCUT2D eigenvalue weighted by molar-refractivity contribution is -0.275. The number of hydrogen-bond donors (Lipinski definition) is 0. The average Bonchev–Trinajstić information content (AvgIpc) is 3.26. The molecular formula is C29H48O4. The van der Waals surface area contributed by atoms with Crippen molar-refractivity contribution in [3.63, 3.8) is 0 Å². The molecule has 33 heavy (non-hydrogen) atoms. The van der Waals surface area contributed by atoms with Crippen molar-refractivity contribution >= 4 is 0 Å². The zero-order valence-corrected chi connectivity index (χ0v) is 22.0. The van der Waals surface area contributed by atoms with Crippen molar-refractivity contribution in [3.8, 4) is 0 Å². The van der Waals surface area contributed by atoms with Crippen LogP contribution in [0.25, 0.3) is 0 Å². The van der Waals surface area contributed by atoms with E-state index in [0.717, 1.165) is 49.5 Å². The Hall–Kier alpha value is -0.160. The van der Waals surface area contributed by atoms with Gasteiger partial charge in [0.2, 0.25) is 0 Å². The van der Waals surface area contributed by atoms with Crippen molar-refractivity contribution in [1.82, 2.24) is 0 Å². The van der Waals surface area contributed by atoms with E-state index < -0.39 is 0 Å². The SMILES string of the molecule is COC1(OC)CCC2(C)C(CCC3C2CCC2(C)C3CC3OC4(CCC(C)CO4)C(C)C32)C1. The van der Waals surface area contributed by atoms with Crippen LogP contribution >= 0.6 is 0 Å². The van der Waals surface area contributed by atoms with E-state index in [1.165, 1.54) is 44.9 Å². The van der Waals surface area contributed by atoms with Crippen LogP contribution in [0.4, 0.5) is 0 Å². The molecule has 6 rings (SSSR count). The van der Waals surface area contributed by atoms with Crippen LogP contribution in [-0.4, -0.2) is 38.5 Å². The van der Waals surface area contributed by atoms with Crippen molar-refractivity contribution in [1.29, 1.82) is 0 Å². The summed E-state index contributed by atoms with van der Waals surface area (Å²) in [4.78, 5) is 0. The van der Waals surface area contributed by atoms with Crippen molar-refractivity contribution in [2.24, 2.45) is 52.3 Å². The van der Waals surface area contributed by atoms with Crippen LogP contribution in [-0.2, 0) is 18.9 Å². The first kappa shape index (κ1) is 23.3. The van der Waals surface area contributed by atoms with Crippen LogP contribution < -0.4 is 0 Å². The van der Waals surface area contributed by atoms with E-state index in [4.69, 9.17) is 18.9 Å². The van der Waals surface area contributed by atoms with E-state index in [9.17, 15) is 0 Å².